The van der Waals surface area contributed by atoms with Gasteiger partial charge in [-0.25, -0.2) is 23.7 Å². The molecule has 1 atom stereocenters. The normalized spacial score (nSPS) is 27.0. The second-order valence-electron chi connectivity index (χ2n) is 6.59. The van der Waals surface area contributed by atoms with Crippen molar-refractivity contribution in [2.24, 2.45) is 5.41 Å². The van der Waals surface area contributed by atoms with Crippen LogP contribution in [0.1, 0.15) is 17.8 Å². The van der Waals surface area contributed by atoms with E-state index in [1.165, 1.54) is 0 Å². The van der Waals surface area contributed by atoms with Crippen LogP contribution < -0.4 is 4.90 Å². The zero-order chi connectivity index (χ0) is 16.6. The minimum absolute atomic E-state index is 0.0954. The number of nitrogens with zero attached hydrogens (tertiary/aromatic N) is 5. The van der Waals surface area contributed by atoms with Gasteiger partial charge in [-0.3, -0.25) is 4.90 Å². The Hall–Kier alpha value is -1.67. The molecule has 24 heavy (non-hydrogen) atoms. The van der Waals surface area contributed by atoms with Crippen LogP contribution >= 0.6 is 11.3 Å². The molecule has 2 aliphatic rings. The lowest BCUT2D eigenvalue weighted by Gasteiger charge is -2.45. The van der Waals surface area contributed by atoms with Gasteiger partial charge in [0.15, 0.2) is 0 Å². The molecule has 0 aliphatic carbocycles. The Kier molecular flexibility index (Phi) is 3.96. The van der Waals surface area contributed by atoms with Crippen molar-refractivity contribution in [3.05, 3.63) is 35.0 Å². The molecular weight excluding hydrogens is 332 g/mol. The largest absolute Gasteiger partial charge is 0.340 e. The van der Waals surface area contributed by atoms with E-state index < -0.39 is 11.3 Å². The van der Waals surface area contributed by atoms with E-state index in [9.17, 15) is 8.78 Å². The summed E-state index contributed by atoms with van der Waals surface area (Å²) in [4.78, 5) is 16.7. The maximum atomic E-state index is 14.8. The molecule has 2 saturated heterocycles. The van der Waals surface area contributed by atoms with Crippen molar-refractivity contribution in [3.63, 3.8) is 0 Å². The lowest BCUT2D eigenvalue weighted by molar-refractivity contribution is -0.158. The number of thiazole rings is 1. The highest BCUT2D eigenvalue weighted by atomic mass is 32.1. The van der Waals surface area contributed by atoms with Crippen LogP contribution in [0.5, 0.6) is 0 Å². The van der Waals surface area contributed by atoms with Gasteiger partial charge in [-0.2, -0.15) is 0 Å². The van der Waals surface area contributed by atoms with Gasteiger partial charge in [-0.15, -0.1) is 11.3 Å². The molecule has 0 saturated carbocycles. The summed E-state index contributed by atoms with van der Waals surface area (Å²) in [5.41, 5.74) is -1.03. The molecule has 0 amide bonds. The van der Waals surface area contributed by atoms with E-state index >= 15 is 0 Å². The van der Waals surface area contributed by atoms with Gasteiger partial charge in [-0.05, 0) is 12.5 Å². The molecule has 2 aromatic heterocycles. The van der Waals surface area contributed by atoms with E-state index in [-0.39, 0.29) is 6.42 Å². The Morgan fingerprint density at radius 3 is 2.62 bits per heavy atom. The Labute approximate surface area is 143 Å². The number of rotatable bonds is 3. The summed E-state index contributed by atoms with van der Waals surface area (Å²) in [6, 6.07) is 1.74. The molecule has 0 N–H and O–H groups in total. The molecule has 2 aliphatic heterocycles. The van der Waals surface area contributed by atoms with Crippen molar-refractivity contribution < 1.29 is 8.78 Å². The molecule has 5 nitrogen and oxygen atoms in total. The van der Waals surface area contributed by atoms with Crippen molar-refractivity contribution >= 4 is 17.3 Å². The zero-order valence-corrected chi connectivity index (χ0v) is 14.1. The van der Waals surface area contributed by atoms with E-state index in [1.54, 1.807) is 36.0 Å². The Bertz CT molecular complexity index is 681. The molecule has 8 heteroatoms. The van der Waals surface area contributed by atoms with Gasteiger partial charge < -0.3 is 4.90 Å². The number of anilines is 1. The van der Waals surface area contributed by atoms with Crippen LogP contribution in [0.3, 0.4) is 0 Å². The van der Waals surface area contributed by atoms with Crippen LogP contribution in [0.2, 0.25) is 0 Å². The van der Waals surface area contributed by atoms with Crippen molar-refractivity contribution in [2.75, 3.05) is 31.1 Å². The first-order valence-corrected chi connectivity index (χ1v) is 8.97. The fourth-order valence-corrected chi connectivity index (χ4v) is 4.43. The van der Waals surface area contributed by atoms with E-state index in [4.69, 9.17) is 0 Å². The van der Waals surface area contributed by atoms with Gasteiger partial charge in [0.25, 0.3) is 5.92 Å². The number of hydrogen-bond donors (Lipinski definition) is 0. The maximum absolute atomic E-state index is 14.8. The van der Waals surface area contributed by atoms with Crippen LogP contribution in [-0.2, 0) is 6.54 Å². The Morgan fingerprint density at radius 1 is 1.04 bits per heavy atom. The number of piperidine rings is 1. The molecule has 4 rings (SSSR count). The van der Waals surface area contributed by atoms with E-state index in [1.807, 2.05) is 10.3 Å². The summed E-state index contributed by atoms with van der Waals surface area (Å²) in [5, 5.41) is 2.91. The van der Waals surface area contributed by atoms with Crippen molar-refractivity contribution in [2.45, 2.75) is 25.3 Å². The molecule has 2 aromatic rings. The average molecular weight is 351 g/mol. The Morgan fingerprint density at radius 2 is 1.88 bits per heavy atom. The van der Waals surface area contributed by atoms with Gasteiger partial charge >= 0.3 is 0 Å². The predicted molar refractivity (Wildman–Crippen MR) is 88.3 cm³/mol. The first-order chi connectivity index (χ1) is 11.6. The predicted octanol–water partition coefficient (Wildman–Crippen LogP) is 2.67. The van der Waals surface area contributed by atoms with Gasteiger partial charge in [-0.1, -0.05) is 0 Å². The van der Waals surface area contributed by atoms with Gasteiger partial charge in [0.1, 0.15) is 5.01 Å². The fraction of sp³-hybridized carbons (Fsp3) is 0.562. The number of halogens is 2. The van der Waals surface area contributed by atoms with Crippen LogP contribution in [0, 0.1) is 5.41 Å². The van der Waals surface area contributed by atoms with E-state index in [0.29, 0.717) is 45.1 Å². The lowest BCUT2D eigenvalue weighted by atomic mass is 9.75. The molecule has 0 unspecified atom stereocenters. The second-order valence-corrected chi connectivity index (χ2v) is 7.57. The second kappa shape index (κ2) is 6.00. The molecule has 4 heterocycles. The zero-order valence-electron chi connectivity index (χ0n) is 13.2. The molecule has 128 valence electrons. The summed E-state index contributed by atoms with van der Waals surface area (Å²) in [6.07, 6.45) is 5.44. The standard InChI is InChI=1S/C16H19F2N5S/c17-16(18)3-7-22(10-13-19-6-9-24-13)11-15(16)2-8-23(12-15)14-20-4-1-5-21-14/h1,4-6,9H,2-3,7-8,10-12H2/t15-/m0/s1. The van der Waals surface area contributed by atoms with Gasteiger partial charge in [0.05, 0.1) is 12.0 Å². The van der Waals surface area contributed by atoms with Crippen LogP contribution in [0.4, 0.5) is 14.7 Å². The molecule has 2 fully saturated rings. The number of alkyl halides is 2. The first kappa shape index (κ1) is 15.8. The molecule has 1 spiro atoms. The highest BCUT2D eigenvalue weighted by Gasteiger charge is 2.59. The maximum Gasteiger partial charge on any atom is 0.257 e. The highest BCUT2D eigenvalue weighted by Crippen LogP contribution is 2.50. The van der Waals surface area contributed by atoms with E-state index in [2.05, 4.69) is 19.9 Å². The summed E-state index contributed by atoms with van der Waals surface area (Å²) in [5.74, 6) is -2.11. The molecule has 0 radical (unpaired) electrons. The summed E-state index contributed by atoms with van der Waals surface area (Å²) in [7, 11) is 0. The van der Waals surface area contributed by atoms with Gasteiger partial charge in [0.2, 0.25) is 5.95 Å². The number of hydrogen-bond acceptors (Lipinski definition) is 6. The third kappa shape index (κ3) is 2.77. The molecule has 0 bridgehead atoms. The number of likely N-dealkylation sites (tertiary alicyclic amines) is 1. The van der Waals surface area contributed by atoms with Crippen LogP contribution in [-0.4, -0.2) is 52.0 Å². The van der Waals surface area contributed by atoms with Gasteiger partial charge in [0, 0.05) is 56.6 Å². The third-order valence-corrected chi connectivity index (χ3v) is 5.84. The summed E-state index contributed by atoms with van der Waals surface area (Å²) in [6.45, 7) is 2.33. The Balaban J connectivity index is 1.53. The minimum atomic E-state index is -2.66. The summed E-state index contributed by atoms with van der Waals surface area (Å²) < 4.78 is 29.6. The van der Waals surface area contributed by atoms with Crippen LogP contribution in [0.15, 0.2) is 30.0 Å². The first-order valence-electron chi connectivity index (χ1n) is 8.09. The fourth-order valence-electron chi connectivity index (χ4n) is 3.77. The summed E-state index contributed by atoms with van der Waals surface area (Å²) >= 11 is 1.57. The SMILES string of the molecule is FC1(F)CCN(Cc2nccs2)C[C@]12CCN(c1ncccn1)C2. The third-order valence-electron chi connectivity index (χ3n) is 5.08. The quantitative estimate of drug-likeness (QED) is 0.851. The van der Waals surface area contributed by atoms with E-state index in [0.717, 1.165) is 5.01 Å². The molecule has 0 aromatic carbocycles. The lowest BCUT2D eigenvalue weighted by Crippen LogP contribution is -2.56. The van der Waals surface area contributed by atoms with Crippen molar-refractivity contribution in [1.82, 2.24) is 19.9 Å². The highest BCUT2D eigenvalue weighted by molar-refractivity contribution is 7.09. The smallest absolute Gasteiger partial charge is 0.257 e. The van der Waals surface area contributed by atoms with Crippen molar-refractivity contribution in [3.8, 4) is 0 Å². The average Bonchev–Trinajstić information content (AvgIpc) is 3.23. The topological polar surface area (TPSA) is 45.2 Å². The minimum Gasteiger partial charge on any atom is -0.340 e. The number of aromatic nitrogens is 3. The van der Waals surface area contributed by atoms with Crippen molar-refractivity contribution in [1.29, 1.82) is 0 Å². The molecular formula is C16H19F2N5S. The monoisotopic (exact) mass is 351 g/mol. The van der Waals surface area contributed by atoms with Crippen LogP contribution in [0.25, 0.3) is 0 Å².